The molecule has 1 aromatic rings. The van der Waals surface area contributed by atoms with Crippen LogP contribution in [0.5, 0.6) is 0 Å². The summed E-state index contributed by atoms with van der Waals surface area (Å²) in [6, 6.07) is 7.83. The molecule has 134 valence electrons. The predicted molar refractivity (Wildman–Crippen MR) is 94.1 cm³/mol. The number of carboxylic acids is 2. The first-order chi connectivity index (χ1) is 12.4. The second-order valence-corrected chi connectivity index (χ2v) is 7.09. The lowest BCUT2D eigenvalue weighted by atomic mass is 9.80. The quantitative estimate of drug-likeness (QED) is 0.705. The number of fused-ring (bicyclic) bond motifs is 2. The minimum Gasteiger partial charge on any atom is -0.488 e. The van der Waals surface area contributed by atoms with Crippen LogP contribution >= 0.6 is 0 Å². The number of rotatable bonds is 5. The Labute approximate surface area is 149 Å². The standard InChI is InChI=1S/C20H19NO5/c21-20(19(24)25,16-8-15(16)18(22)23)9-11-5-3-7-14-13-6-2-1-4-12(13)10-26-17(11)14/h1-7,10,15-17H,8-9,21H2,(H,22,23)(H,24,25)/t15-,16-,17?,20+/m1/s1. The topological polar surface area (TPSA) is 110 Å². The Balaban J connectivity index is 1.68. The third-order valence-electron chi connectivity index (χ3n) is 5.47. The van der Waals surface area contributed by atoms with Crippen molar-refractivity contribution in [2.45, 2.75) is 24.5 Å². The first kappa shape index (κ1) is 16.6. The van der Waals surface area contributed by atoms with Crippen LogP contribution in [-0.2, 0) is 14.3 Å². The average Bonchev–Trinajstić information content (AvgIpc) is 3.43. The second kappa shape index (κ2) is 5.85. The summed E-state index contributed by atoms with van der Waals surface area (Å²) in [6.45, 7) is 0. The minimum absolute atomic E-state index is 0.0469. The van der Waals surface area contributed by atoms with E-state index in [1.807, 2.05) is 42.5 Å². The summed E-state index contributed by atoms with van der Waals surface area (Å²) in [6.07, 6.45) is 7.24. The molecule has 0 aromatic heterocycles. The van der Waals surface area contributed by atoms with E-state index in [0.717, 1.165) is 21.6 Å². The first-order valence-electron chi connectivity index (χ1n) is 8.49. The molecule has 1 aromatic carbocycles. The van der Waals surface area contributed by atoms with Gasteiger partial charge in [0.25, 0.3) is 0 Å². The van der Waals surface area contributed by atoms with E-state index in [1.165, 1.54) is 0 Å². The van der Waals surface area contributed by atoms with Crippen LogP contribution in [0, 0.1) is 11.8 Å². The van der Waals surface area contributed by atoms with E-state index >= 15 is 0 Å². The molecule has 4 N–H and O–H groups in total. The number of aliphatic carboxylic acids is 2. The fourth-order valence-electron chi connectivity index (χ4n) is 3.94. The van der Waals surface area contributed by atoms with Crippen LogP contribution in [0.2, 0.25) is 0 Å². The van der Waals surface area contributed by atoms with Crippen molar-refractivity contribution in [3.8, 4) is 0 Å². The van der Waals surface area contributed by atoms with Gasteiger partial charge in [0.05, 0.1) is 12.2 Å². The summed E-state index contributed by atoms with van der Waals surface area (Å²) in [5.74, 6) is -3.44. The van der Waals surface area contributed by atoms with E-state index in [9.17, 15) is 14.7 Å². The number of allylic oxidation sites excluding steroid dienone is 2. The maximum Gasteiger partial charge on any atom is 0.324 e. The zero-order valence-electron chi connectivity index (χ0n) is 14.0. The molecule has 1 aliphatic heterocycles. The molecule has 1 fully saturated rings. The molecule has 2 aliphatic carbocycles. The van der Waals surface area contributed by atoms with Gasteiger partial charge in [-0.3, -0.25) is 9.59 Å². The van der Waals surface area contributed by atoms with Gasteiger partial charge in [-0.1, -0.05) is 42.5 Å². The molecule has 0 saturated heterocycles. The molecule has 4 atom stereocenters. The van der Waals surface area contributed by atoms with Crippen LogP contribution in [0.15, 0.2) is 48.1 Å². The molecule has 1 unspecified atom stereocenters. The van der Waals surface area contributed by atoms with Gasteiger partial charge in [0.15, 0.2) is 0 Å². The van der Waals surface area contributed by atoms with Gasteiger partial charge in [0.2, 0.25) is 0 Å². The van der Waals surface area contributed by atoms with Gasteiger partial charge in [0.1, 0.15) is 11.6 Å². The Morgan fingerprint density at radius 2 is 2.04 bits per heavy atom. The van der Waals surface area contributed by atoms with E-state index in [2.05, 4.69) is 0 Å². The van der Waals surface area contributed by atoms with E-state index in [-0.39, 0.29) is 12.8 Å². The van der Waals surface area contributed by atoms with E-state index < -0.39 is 35.4 Å². The summed E-state index contributed by atoms with van der Waals surface area (Å²) in [5.41, 5.74) is 6.30. The molecule has 0 bridgehead atoms. The molecule has 6 heteroatoms. The molecule has 26 heavy (non-hydrogen) atoms. The largest absolute Gasteiger partial charge is 0.488 e. The van der Waals surface area contributed by atoms with Gasteiger partial charge in [0, 0.05) is 23.1 Å². The smallest absolute Gasteiger partial charge is 0.324 e. The molecule has 6 nitrogen and oxygen atoms in total. The highest BCUT2D eigenvalue weighted by atomic mass is 16.5. The average molecular weight is 353 g/mol. The highest BCUT2D eigenvalue weighted by Gasteiger charge is 2.58. The van der Waals surface area contributed by atoms with Gasteiger partial charge in [-0.25, -0.2) is 0 Å². The highest BCUT2D eigenvalue weighted by Crippen LogP contribution is 2.48. The number of carbonyl (C=O) groups is 2. The van der Waals surface area contributed by atoms with Gasteiger partial charge in [-0.2, -0.15) is 0 Å². The minimum atomic E-state index is -1.62. The molecule has 4 rings (SSSR count). The maximum atomic E-state index is 11.9. The third kappa shape index (κ3) is 2.54. The van der Waals surface area contributed by atoms with Crippen molar-refractivity contribution >= 4 is 23.8 Å². The molecular formula is C20H19NO5. The first-order valence-corrected chi connectivity index (χ1v) is 8.49. The third-order valence-corrected chi connectivity index (χ3v) is 5.47. The number of carboxylic acid groups (broad SMARTS) is 2. The number of benzene rings is 1. The Morgan fingerprint density at radius 3 is 2.73 bits per heavy atom. The lowest BCUT2D eigenvalue weighted by molar-refractivity contribution is -0.145. The van der Waals surface area contributed by atoms with Crippen molar-refractivity contribution in [3.05, 3.63) is 58.5 Å². The van der Waals surface area contributed by atoms with Crippen LogP contribution in [0.1, 0.15) is 12.8 Å². The Hall–Kier alpha value is -2.86. The molecular weight excluding hydrogens is 334 g/mol. The molecule has 1 heterocycles. The summed E-state index contributed by atoms with van der Waals surface area (Å²) in [4.78, 5) is 23.1. The number of hydrogen-bond donors (Lipinski definition) is 3. The second-order valence-electron chi connectivity index (χ2n) is 7.09. The molecule has 0 amide bonds. The lowest BCUT2D eigenvalue weighted by Gasteiger charge is -2.32. The molecule has 0 radical (unpaired) electrons. The summed E-state index contributed by atoms with van der Waals surface area (Å²) >= 11 is 0. The lowest BCUT2D eigenvalue weighted by Crippen LogP contribution is -2.52. The summed E-state index contributed by atoms with van der Waals surface area (Å²) < 4.78 is 5.87. The Bertz CT molecular complexity index is 976. The normalized spacial score (nSPS) is 27.8. The number of nitrogens with two attached hydrogens (primary N) is 1. The van der Waals surface area contributed by atoms with Crippen molar-refractivity contribution in [1.82, 2.24) is 0 Å². The van der Waals surface area contributed by atoms with Crippen LogP contribution < -0.4 is 16.2 Å². The Kier molecular flexibility index (Phi) is 3.73. The maximum absolute atomic E-state index is 11.9. The fraction of sp³-hybridized carbons (Fsp3) is 0.300. The zero-order chi connectivity index (χ0) is 18.5. The van der Waals surface area contributed by atoms with Crippen molar-refractivity contribution in [2.24, 2.45) is 17.6 Å². The fourth-order valence-corrected chi connectivity index (χ4v) is 3.94. The van der Waals surface area contributed by atoms with Crippen LogP contribution in [0.25, 0.3) is 11.8 Å². The summed E-state index contributed by atoms with van der Waals surface area (Å²) in [7, 11) is 0. The monoisotopic (exact) mass is 353 g/mol. The molecule has 1 saturated carbocycles. The van der Waals surface area contributed by atoms with Gasteiger partial charge in [-0.05, 0) is 17.2 Å². The van der Waals surface area contributed by atoms with E-state index in [1.54, 1.807) is 6.26 Å². The van der Waals surface area contributed by atoms with Gasteiger partial charge in [-0.15, -0.1) is 0 Å². The van der Waals surface area contributed by atoms with Crippen LogP contribution in [-0.4, -0.2) is 33.8 Å². The Morgan fingerprint density at radius 1 is 1.27 bits per heavy atom. The van der Waals surface area contributed by atoms with Crippen molar-refractivity contribution < 1.29 is 24.5 Å². The number of ether oxygens (including phenoxy) is 1. The van der Waals surface area contributed by atoms with Crippen molar-refractivity contribution in [2.75, 3.05) is 0 Å². The number of hydrogen-bond acceptors (Lipinski definition) is 4. The molecule has 0 spiro atoms. The highest BCUT2D eigenvalue weighted by molar-refractivity contribution is 5.84. The van der Waals surface area contributed by atoms with Gasteiger partial charge >= 0.3 is 11.9 Å². The van der Waals surface area contributed by atoms with E-state index in [0.29, 0.717) is 0 Å². The van der Waals surface area contributed by atoms with Crippen LogP contribution in [0.3, 0.4) is 0 Å². The van der Waals surface area contributed by atoms with E-state index in [4.69, 9.17) is 15.6 Å². The molecule has 3 aliphatic rings. The SMILES string of the molecule is N[C@](CC1=CC=CC2=c3ccccc3=COC12)(C(=O)O)[C@@H]1C[C@H]1C(=O)O. The zero-order valence-corrected chi connectivity index (χ0v) is 14.0. The predicted octanol–water partition coefficient (Wildman–Crippen LogP) is 0.363. The van der Waals surface area contributed by atoms with Crippen molar-refractivity contribution in [3.63, 3.8) is 0 Å². The van der Waals surface area contributed by atoms with Gasteiger partial charge < -0.3 is 20.7 Å². The van der Waals surface area contributed by atoms with Crippen LogP contribution in [0.4, 0.5) is 0 Å². The van der Waals surface area contributed by atoms with Crippen molar-refractivity contribution in [1.29, 1.82) is 0 Å². The summed E-state index contributed by atoms with van der Waals surface area (Å²) in [5, 5.41) is 20.9.